The molecule has 1 aromatic carbocycles. The van der Waals surface area contributed by atoms with Crippen molar-refractivity contribution in [3.63, 3.8) is 0 Å². The van der Waals surface area contributed by atoms with Gasteiger partial charge in [-0.2, -0.15) is 0 Å². The van der Waals surface area contributed by atoms with Gasteiger partial charge in [0.2, 0.25) is 0 Å². The van der Waals surface area contributed by atoms with E-state index in [-0.39, 0.29) is 31.2 Å². The Labute approximate surface area is 118 Å². The fourth-order valence-electron chi connectivity index (χ4n) is 1.53. The summed E-state index contributed by atoms with van der Waals surface area (Å²) in [5.41, 5.74) is 0. The van der Waals surface area contributed by atoms with Crippen LogP contribution in [0.3, 0.4) is 0 Å². The van der Waals surface area contributed by atoms with Crippen LogP contribution >= 0.6 is 0 Å². The van der Waals surface area contributed by atoms with Crippen LogP contribution in [0.2, 0.25) is 0 Å². The van der Waals surface area contributed by atoms with Gasteiger partial charge < -0.3 is 14.2 Å². The quantitative estimate of drug-likeness (QED) is 0.650. The van der Waals surface area contributed by atoms with Gasteiger partial charge in [0.1, 0.15) is 18.1 Å². The van der Waals surface area contributed by atoms with Crippen LogP contribution in [0.4, 0.5) is 0 Å². The Hall–Kier alpha value is -2.04. The predicted molar refractivity (Wildman–Crippen MR) is 74.0 cm³/mol. The first-order chi connectivity index (χ1) is 9.65. The van der Waals surface area contributed by atoms with Crippen molar-refractivity contribution in [3.8, 4) is 11.5 Å². The lowest BCUT2D eigenvalue weighted by atomic mass is 10.2. The summed E-state index contributed by atoms with van der Waals surface area (Å²) in [7, 11) is 0. The van der Waals surface area contributed by atoms with Crippen molar-refractivity contribution in [2.75, 3.05) is 19.8 Å². The van der Waals surface area contributed by atoms with Crippen LogP contribution in [0.25, 0.3) is 0 Å². The molecule has 1 rings (SSSR count). The van der Waals surface area contributed by atoms with E-state index in [0.717, 1.165) is 0 Å². The molecule has 5 nitrogen and oxygen atoms in total. The van der Waals surface area contributed by atoms with Crippen LogP contribution in [0.5, 0.6) is 11.5 Å². The molecule has 5 heteroatoms. The lowest BCUT2D eigenvalue weighted by Crippen LogP contribution is -2.14. The van der Waals surface area contributed by atoms with Gasteiger partial charge in [-0.15, -0.1) is 0 Å². The fraction of sp³-hybridized carbons (Fsp3) is 0.467. The molecule has 0 aliphatic heterocycles. The van der Waals surface area contributed by atoms with Crippen molar-refractivity contribution in [2.24, 2.45) is 0 Å². The van der Waals surface area contributed by atoms with E-state index >= 15 is 0 Å². The van der Waals surface area contributed by atoms with E-state index in [1.165, 1.54) is 0 Å². The number of Topliss-reactive ketones (excluding diaryl/α,β-unsaturated/α-hetero) is 1. The molecule has 0 aromatic heterocycles. The van der Waals surface area contributed by atoms with Crippen molar-refractivity contribution in [3.05, 3.63) is 24.3 Å². The summed E-state index contributed by atoms with van der Waals surface area (Å²) in [6.45, 7) is 4.46. The highest BCUT2D eigenvalue weighted by molar-refractivity contribution is 5.84. The van der Waals surface area contributed by atoms with E-state index in [1.54, 1.807) is 25.1 Å². The largest absolute Gasteiger partial charge is 0.494 e. The smallest absolute Gasteiger partial charge is 0.306 e. The topological polar surface area (TPSA) is 61.8 Å². The molecule has 0 saturated heterocycles. The van der Waals surface area contributed by atoms with Crippen molar-refractivity contribution in [1.29, 1.82) is 0 Å². The average molecular weight is 280 g/mol. The van der Waals surface area contributed by atoms with E-state index in [4.69, 9.17) is 14.2 Å². The molecular formula is C15H20O5. The second kappa shape index (κ2) is 8.96. The van der Waals surface area contributed by atoms with Gasteiger partial charge >= 0.3 is 5.97 Å². The normalized spacial score (nSPS) is 9.90. The van der Waals surface area contributed by atoms with Crippen molar-refractivity contribution >= 4 is 11.8 Å². The molecule has 0 spiro atoms. The van der Waals surface area contributed by atoms with Crippen LogP contribution < -0.4 is 9.47 Å². The summed E-state index contributed by atoms with van der Waals surface area (Å²) in [6, 6.07) is 7.09. The van der Waals surface area contributed by atoms with Gasteiger partial charge in [0.25, 0.3) is 0 Å². The lowest BCUT2D eigenvalue weighted by molar-refractivity contribution is -0.144. The minimum Gasteiger partial charge on any atom is -0.494 e. The molecule has 20 heavy (non-hydrogen) atoms. The Morgan fingerprint density at radius 3 is 2.35 bits per heavy atom. The zero-order chi connectivity index (χ0) is 14.8. The maximum atomic E-state index is 11.6. The van der Waals surface area contributed by atoms with Crippen molar-refractivity contribution in [1.82, 2.24) is 0 Å². The summed E-state index contributed by atoms with van der Waals surface area (Å²) in [6.07, 6.45) is 0.221. The zero-order valence-corrected chi connectivity index (χ0v) is 11.9. The first kappa shape index (κ1) is 16.0. The standard InChI is InChI=1S/C15H20O5/c1-3-18-13-6-5-7-14(10-13)20-11-12(16)8-9-15(17)19-4-2/h5-7,10H,3-4,8-9,11H2,1-2H3. The Kier molecular flexibility index (Phi) is 7.17. The van der Waals surface area contributed by atoms with Gasteiger partial charge in [-0.05, 0) is 26.0 Å². The van der Waals surface area contributed by atoms with Crippen LogP contribution in [-0.4, -0.2) is 31.6 Å². The molecule has 110 valence electrons. The summed E-state index contributed by atoms with van der Waals surface area (Å²) in [4.78, 5) is 22.7. The van der Waals surface area contributed by atoms with Gasteiger partial charge in [-0.1, -0.05) is 6.07 Å². The van der Waals surface area contributed by atoms with E-state index in [9.17, 15) is 9.59 Å². The molecule has 0 N–H and O–H groups in total. The molecule has 0 amide bonds. The molecule has 0 radical (unpaired) electrons. The third-order valence-electron chi connectivity index (χ3n) is 2.43. The maximum Gasteiger partial charge on any atom is 0.306 e. The molecule has 0 bridgehead atoms. The third-order valence-corrected chi connectivity index (χ3v) is 2.43. The van der Waals surface area contributed by atoms with Gasteiger partial charge in [-0.3, -0.25) is 9.59 Å². The van der Waals surface area contributed by atoms with Crippen LogP contribution in [0.1, 0.15) is 26.7 Å². The third kappa shape index (κ3) is 6.22. The summed E-state index contributed by atoms with van der Waals surface area (Å²) in [5, 5.41) is 0. The zero-order valence-electron chi connectivity index (χ0n) is 11.9. The van der Waals surface area contributed by atoms with Crippen LogP contribution in [0, 0.1) is 0 Å². The molecule has 0 fully saturated rings. The summed E-state index contributed by atoms with van der Waals surface area (Å²) in [5.74, 6) is 0.767. The van der Waals surface area contributed by atoms with Crippen LogP contribution in [0.15, 0.2) is 24.3 Å². The maximum absolute atomic E-state index is 11.6. The molecule has 0 heterocycles. The number of hydrogen-bond donors (Lipinski definition) is 0. The number of esters is 1. The minimum absolute atomic E-state index is 0.0605. The molecule has 0 aliphatic rings. The number of hydrogen-bond acceptors (Lipinski definition) is 5. The molecule has 1 aromatic rings. The molecule has 0 saturated carbocycles. The highest BCUT2D eigenvalue weighted by Crippen LogP contribution is 2.19. The van der Waals surface area contributed by atoms with E-state index < -0.39 is 0 Å². The van der Waals surface area contributed by atoms with Gasteiger partial charge in [0.05, 0.1) is 19.6 Å². The van der Waals surface area contributed by atoms with Gasteiger partial charge in [-0.25, -0.2) is 0 Å². The summed E-state index contributed by atoms with van der Waals surface area (Å²) < 4.78 is 15.4. The second-order valence-electron chi connectivity index (χ2n) is 4.04. The van der Waals surface area contributed by atoms with Crippen LogP contribution in [-0.2, 0) is 14.3 Å². The van der Waals surface area contributed by atoms with E-state index in [0.29, 0.717) is 24.7 Å². The number of carbonyl (C=O) groups excluding carboxylic acids is 2. The Bertz CT molecular complexity index is 442. The fourth-order valence-corrected chi connectivity index (χ4v) is 1.53. The van der Waals surface area contributed by atoms with Gasteiger partial charge in [0.15, 0.2) is 5.78 Å². The average Bonchev–Trinajstić information content (AvgIpc) is 2.44. The van der Waals surface area contributed by atoms with Crippen molar-refractivity contribution < 1.29 is 23.8 Å². The SMILES string of the molecule is CCOC(=O)CCC(=O)COc1cccc(OCC)c1. The highest BCUT2D eigenvalue weighted by Gasteiger charge is 2.08. The Morgan fingerprint density at radius 1 is 1.00 bits per heavy atom. The number of ether oxygens (including phenoxy) is 3. The van der Waals surface area contributed by atoms with E-state index in [1.807, 2.05) is 13.0 Å². The first-order valence-corrected chi connectivity index (χ1v) is 6.68. The summed E-state index contributed by atoms with van der Waals surface area (Å²) >= 11 is 0. The number of benzene rings is 1. The minimum atomic E-state index is -0.362. The Morgan fingerprint density at radius 2 is 1.70 bits per heavy atom. The highest BCUT2D eigenvalue weighted by atomic mass is 16.5. The predicted octanol–water partition coefficient (Wildman–Crippen LogP) is 2.38. The lowest BCUT2D eigenvalue weighted by Gasteiger charge is -2.08. The number of rotatable bonds is 9. The monoisotopic (exact) mass is 280 g/mol. The molecule has 0 atom stereocenters. The van der Waals surface area contributed by atoms with E-state index in [2.05, 4.69) is 0 Å². The molecule has 0 unspecified atom stereocenters. The first-order valence-electron chi connectivity index (χ1n) is 6.68. The number of carbonyl (C=O) groups is 2. The van der Waals surface area contributed by atoms with Crippen molar-refractivity contribution in [2.45, 2.75) is 26.7 Å². The second-order valence-corrected chi connectivity index (χ2v) is 4.04. The number of ketones is 1. The molecular weight excluding hydrogens is 260 g/mol. The molecule has 0 aliphatic carbocycles. The van der Waals surface area contributed by atoms with Gasteiger partial charge in [0, 0.05) is 12.5 Å². The Balaban J connectivity index is 2.33.